The van der Waals surface area contributed by atoms with Crippen molar-refractivity contribution in [2.45, 2.75) is 39.7 Å². The minimum absolute atomic E-state index is 0.144. The van der Waals surface area contributed by atoms with Gasteiger partial charge in [0.05, 0.1) is 6.61 Å². The molecule has 1 aromatic rings. The summed E-state index contributed by atoms with van der Waals surface area (Å²) in [6.45, 7) is 7.87. The van der Waals surface area contributed by atoms with Gasteiger partial charge in [-0.3, -0.25) is 0 Å². The van der Waals surface area contributed by atoms with E-state index in [4.69, 9.17) is 10.5 Å². The first kappa shape index (κ1) is 14.8. The molecule has 102 valence electrons. The van der Waals surface area contributed by atoms with Crippen molar-refractivity contribution in [1.29, 1.82) is 0 Å². The highest BCUT2D eigenvalue weighted by atomic mass is 16.5. The summed E-state index contributed by atoms with van der Waals surface area (Å²) in [4.78, 5) is 4.29. The molecule has 1 rings (SSSR count). The Morgan fingerprint density at radius 1 is 1.44 bits per heavy atom. The van der Waals surface area contributed by atoms with Gasteiger partial charge in [0.25, 0.3) is 0 Å². The molecule has 0 spiro atoms. The van der Waals surface area contributed by atoms with E-state index in [1.54, 1.807) is 6.20 Å². The average Bonchev–Trinajstić information content (AvgIpc) is 2.34. The van der Waals surface area contributed by atoms with Crippen molar-refractivity contribution in [3.8, 4) is 5.75 Å². The van der Waals surface area contributed by atoms with Crippen molar-refractivity contribution < 1.29 is 4.74 Å². The summed E-state index contributed by atoms with van der Waals surface area (Å²) < 4.78 is 5.63. The molecule has 0 bridgehead atoms. The van der Waals surface area contributed by atoms with E-state index in [1.165, 1.54) is 0 Å². The Bertz CT molecular complexity index is 342. The lowest BCUT2D eigenvalue weighted by atomic mass is 10.0. The minimum Gasteiger partial charge on any atom is -0.490 e. The highest BCUT2D eigenvalue weighted by molar-refractivity contribution is 5.49. The average molecular weight is 251 g/mol. The number of ether oxygens (including phenoxy) is 1. The zero-order valence-corrected chi connectivity index (χ0v) is 11.6. The number of hydrogen-bond acceptors (Lipinski definition) is 4. The molecule has 0 aromatic carbocycles. The number of nitrogens with one attached hydrogen (secondary N) is 1. The smallest absolute Gasteiger partial charge is 0.168 e. The van der Waals surface area contributed by atoms with Crippen molar-refractivity contribution in [1.82, 2.24) is 4.98 Å². The van der Waals surface area contributed by atoms with Gasteiger partial charge in [-0.2, -0.15) is 0 Å². The topological polar surface area (TPSA) is 60.2 Å². The summed E-state index contributed by atoms with van der Waals surface area (Å²) in [6, 6.07) is 3.95. The van der Waals surface area contributed by atoms with Gasteiger partial charge in [-0.1, -0.05) is 20.8 Å². The van der Waals surface area contributed by atoms with Crippen LogP contribution in [0.25, 0.3) is 0 Å². The van der Waals surface area contributed by atoms with E-state index in [1.807, 2.05) is 12.1 Å². The fourth-order valence-corrected chi connectivity index (χ4v) is 1.77. The molecular weight excluding hydrogens is 226 g/mol. The van der Waals surface area contributed by atoms with Gasteiger partial charge in [-0.15, -0.1) is 0 Å². The normalized spacial score (nSPS) is 12.5. The van der Waals surface area contributed by atoms with Crippen molar-refractivity contribution in [3.63, 3.8) is 0 Å². The largest absolute Gasteiger partial charge is 0.490 e. The van der Waals surface area contributed by atoms with E-state index in [2.05, 4.69) is 31.1 Å². The van der Waals surface area contributed by atoms with Crippen molar-refractivity contribution in [2.75, 3.05) is 18.5 Å². The molecular formula is C14H25N3O. The highest BCUT2D eigenvalue weighted by Gasteiger charge is 2.08. The van der Waals surface area contributed by atoms with E-state index in [0.717, 1.165) is 31.0 Å². The van der Waals surface area contributed by atoms with Crippen LogP contribution in [0.4, 0.5) is 5.82 Å². The number of anilines is 1. The number of rotatable bonds is 8. The SMILES string of the molecule is CCCOc1cccnc1NCC(N)CC(C)C. The van der Waals surface area contributed by atoms with Gasteiger partial charge in [-0.25, -0.2) is 4.98 Å². The van der Waals surface area contributed by atoms with Crippen LogP contribution in [0.1, 0.15) is 33.6 Å². The highest BCUT2D eigenvalue weighted by Crippen LogP contribution is 2.21. The van der Waals surface area contributed by atoms with Crippen molar-refractivity contribution >= 4 is 5.82 Å². The van der Waals surface area contributed by atoms with E-state index in [9.17, 15) is 0 Å². The van der Waals surface area contributed by atoms with Crippen LogP contribution >= 0.6 is 0 Å². The van der Waals surface area contributed by atoms with Crippen LogP contribution in [0.15, 0.2) is 18.3 Å². The van der Waals surface area contributed by atoms with Gasteiger partial charge >= 0.3 is 0 Å². The first-order valence-electron chi connectivity index (χ1n) is 6.70. The fraction of sp³-hybridized carbons (Fsp3) is 0.643. The Morgan fingerprint density at radius 2 is 2.22 bits per heavy atom. The Kier molecular flexibility index (Phi) is 6.50. The number of nitrogens with two attached hydrogens (primary N) is 1. The van der Waals surface area contributed by atoms with Gasteiger partial charge in [0.1, 0.15) is 0 Å². The molecule has 0 radical (unpaired) electrons. The van der Waals surface area contributed by atoms with Crippen LogP contribution in [-0.4, -0.2) is 24.2 Å². The summed E-state index contributed by atoms with van der Waals surface area (Å²) >= 11 is 0. The zero-order chi connectivity index (χ0) is 13.4. The Balaban J connectivity index is 2.50. The molecule has 1 unspecified atom stereocenters. The molecule has 3 N–H and O–H groups in total. The second-order valence-corrected chi connectivity index (χ2v) is 4.97. The van der Waals surface area contributed by atoms with Crippen LogP contribution in [-0.2, 0) is 0 Å². The summed E-state index contributed by atoms with van der Waals surface area (Å²) in [6.07, 6.45) is 3.75. The van der Waals surface area contributed by atoms with Crippen molar-refractivity contribution in [3.05, 3.63) is 18.3 Å². The maximum atomic E-state index is 6.04. The number of nitrogens with zero attached hydrogens (tertiary/aromatic N) is 1. The minimum atomic E-state index is 0.144. The van der Waals surface area contributed by atoms with E-state index >= 15 is 0 Å². The van der Waals surface area contributed by atoms with Crippen LogP contribution in [0.3, 0.4) is 0 Å². The molecule has 4 heteroatoms. The Labute approximate surface area is 110 Å². The lowest BCUT2D eigenvalue weighted by Gasteiger charge is -2.16. The summed E-state index contributed by atoms with van der Waals surface area (Å²) in [5.74, 6) is 2.20. The second kappa shape index (κ2) is 7.93. The molecule has 1 aromatic heterocycles. The lowest BCUT2D eigenvalue weighted by molar-refractivity contribution is 0.317. The van der Waals surface area contributed by atoms with Gasteiger partial charge in [0.15, 0.2) is 11.6 Å². The zero-order valence-electron chi connectivity index (χ0n) is 11.6. The third-order valence-corrected chi connectivity index (χ3v) is 2.54. The predicted molar refractivity (Wildman–Crippen MR) is 75.9 cm³/mol. The van der Waals surface area contributed by atoms with Gasteiger partial charge in [0, 0.05) is 18.8 Å². The molecule has 0 aliphatic heterocycles. The Morgan fingerprint density at radius 3 is 2.89 bits per heavy atom. The standard InChI is InChI=1S/C14H25N3O/c1-4-8-18-13-6-5-7-16-14(13)17-10-12(15)9-11(2)3/h5-7,11-12H,4,8-10,15H2,1-3H3,(H,16,17). The maximum Gasteiger partial charge on any atom is 0.168 e. The molecule has 1 heterocycles. The maximum absolute atomic E-state index is 6.04. The molecule has 0 aliphatic rings. The molecule has 0 fully saturated rings. The molecule has 0 amide bonds. The van der Waals surface area contributed by atoms with Crippen LogP contribution in [0, 0.1) is 5.92 Å². The molecule has 0 saturated heterocycles. The first-order valence-corrected chi connectivity index (χ1v) is 6.70. The summed E-state index contributed by atoms with van der Waals surface area (Å²) in [7, 11) is 0. The third-order valence-electron chi connectivity index (χ3n) is 2.54. The molecule has 0 saturated carbocycles. The molecule has 0 aliphatic carbocycles. The second-order valence-electron chi connectivity index (χ2n) is 4.97. The van der Waals surface area contributed by atoms with E-state index in [0.29, 0.717) is 12.5 Å². The number of hydrogen-bond donors (Lipinski definition) is 2. The molecule has 1 atom stereocenters. The van der Waals surface area contributed by atoms with E-state index < -0.39 is 0 Å². The Hall–Kier alpha value is -1.29. The van der Waals surface area contributed by atoms with Crippen LogP contribution in [0.5, 0.6) is 5.75 Å². The number of pyridine rings is 1. The third kappa shape index (κ3) is 5.36. The first-order chi connectivity index (χ1) is 8.63. The van der Waals surface area contributed by atoms with Crippen molar-refractivity contribution in [2.24, 2.45) is 11.7 Å². The lowest BCUT2D eigenvalue weighted by Crippen LogP contribution is -2.30. The van der Waals surface area contributed by atoms with Crippen LogP contribution < -0.4 is 15.8 Å². The summed E-state index contributed by atoms with van der Waals surface area (Å²) in [5.41, 5.74) is 6.04. The monoisotopic (exact) mass is 251 g/mol. The van der Waals surface area contributed by atoms with Gasteiger partial charge in [0.2, 0.25) is 0 Å². The predicted octanol–water partition coefficient (Wildman–Crippen LogP) is 2.66. The van der Waals surface area contributed by atoms with Crippen LogP contribution in [0.2, 0.25) is 0 Å². The quantitative estimate of drug-likeness (QED) is 0.745. The summed E-state index contributed by atoms with van der Waals surface area (Å²) in [5, 5.41) is 3.27. The molecule has 18 heavy (non-hydrogen) atoms. The number of aromatic nitrogens is 1. The van der Waals surface area contributed by atoms with E-state index in [-0.39, 0.29) is 6.04 Å². The van der Waals surface area contributed by atoms with Gasteiger partial charge < -0.3 is 15.8 Å². The molecule has 4 nitrogen and oxygen atoms in total. The fourth-order valence-electron chi connectivity index (χ4n) is 1.77. The van der Waals surface area contributed by atoms with Gasteiger partial charge in [-0.05, 0) is 30.9 Å².